The third-order valence-corrected chi connectivity index (χ3v) is 17.6. The molecule has 1 unspecified atom stereocenters. The zero-order valence-corrected chi connectivity index (χ0v) is 42.2. The molecule has 0 amide bonds. The number of rotatable bonds is 7. The maximum atomic E-state index is 2.52. The highest BCUT2D eigenvalue weighted by Gasteiger charge is 2.53. The highest BCUT2D eigenvalue weighted by molar-refractivity contribution is 7.25. The Morgan fingerprint density at radius 1 is 0.303 bits per heavy atom. The normalized spacial score (nSPS) is 14.1. The molecule has 2 nitrogen and oxygen atoms in total. The van der Waals surface area contributed by atoms with Gasteiger partial charge in [0.25, 0.3) is 0 Å². The molecule has 1 atom stereocenters. The van der Waals surface area contributed by atoms with Crippen LogP contribution >= 0.6 is 11.3 Å². The second-order valence-electron chi connectivity index (χ2n) is 20.3. The van der Waals surface area contributed by atoms with Gasteiger partial charge in [-0.25, -0.2) is 0 Å². The van der Waals surface area contributed by atoms with E-state index in [2.05, 4.69) is 289 Å². The number of fused-ring (bicyclic) bond motifs is 16. The maximum absolute atomic E-state index is 2.52. The van der Waals surface area contributed by atoms with Gasteiger partial charge in [0.15, 0.2) is 0 Å². The van der Waals surface area contributed by atoms with Gasteiger partial charge in [0.1, 0.15) is 0 Å². The Hall–Kier alpha value is -9.54. The molecule has 0 fully saturated rings. The molecule has 14 aromatic rings. The van der Waals surface area contributed by atoms with Crippen molar-refractivity contribution in [3.05, 3.63) is 301 Å². The molecule has 3 heteroatoms. The fraction of sp³-hybridized carbons (Fsp3) is 0.0137. The van der Waals surface area contributed by atoms with Crippen LogP contribution in [0.15, 0.2) is 279 Å². The molecule has 2 aliphatic rings. The van der Waals surface area contributed by atoms with E-state index in [4.69, 9.17) is 0 Å². The van der Waals surface area contributed by atoms with Gasteiger partial charge in [0, 0.05) is 53.6 Å². The first-order valence-electron chi connectivity index (χ1n) is 26.2. The van der Waals surface area contributed by atoms with Gasteiger partial charge in [-0.15, -0.1) is 11.3 Å². The summed E-state index contributed by atoms with van der Waals surface area (Å²) in [4.78, 5) is 2.52. The lowest BCUT2D eigenvalue weighted by Crippen LogP contribution is -2.26. The lowest BCUT2D eigenvalue weighted by Gasteiger charge is -2.32. The third-order valence-electron chi connectivity index (χ3n) is 16.4. The SMILES string of the molecule is c1ccc(-c2ccc(N(c3ccc4sc5ccc(-c6ccc7c(c6)c6ccccc6n7-c6ccccc6)cc5c4c3)c3cccc4c3-c3ccccc3C43c4ccccc4-c4c(-c5ccccc5)cccc43)cc2)cc1. The van der Waals surface area contributed by atoms with Crippen LogP contribution in [0.25, 0.3) is 103 Å². The van der Waals surface area contributed by atoms with Gasteiger partial charge in [-0.1, -0.05) is 200 Å². The predicted molar refractivity (Wildman–Crippen MR) is 321 cm³/mol. The number of benzene rings is 12. The Kier molecular flexibility index (Phi) is 9.45. The summed E-state index contributed by atoms with van der Waals surface area (Å²) < 4.78 is 4.94. The Morgan fingerprint density at radius 3 is 1.55 bits per heavy atom. The third kappa shape index (κ3) is 6.21. The Balaban J connectivity index is 0.898. The molecule has 12 aromatic carbocycles. The molecule has 0 saturated heterocycles. The first-order valence-corrected chi connectivity index (χ1v) is 27.1. The minimum atomic E-state index is -0.523. The first kappa shape index (κ1) is 42.9. The van der Waals surface area contributed by atoms with Crippen molar-refractivity contribution in [1.29, 1.82) is 0 Å². The van der Waals surface area contributed by atoms with E-state index in [1.54, 1.807) is 0 Å². The van der Waals surface area contributed by atoms with Crippen molar-refractivity contribution in [2.24, 2.45) is 0 Å². The molecular formula is C73H46N2S. The van der Waals surface area contributed by atoms with E-state index in [-0.39, 0.29) is 0 Å². The molecule has 0 bridgehead atoms. The smallest absolute Gasteiger partial charge is 0.0726 e. The van der Waals surface area contributed by atoms with Crippen LogP contribution in [0.4, 0.5) is 17.1 Å². The van der Waals surface area contributed by atoms with Crippen LogP contribution in [-0.2, 0) is 5.41 Å². The van der Waals surface area contributed by atoms with Gasteiger partial charge in [0.05, 0.1) is 22.1 Å². The van der Waals surface area contributed by atoms with E-state index in [0.717, 1.165) is 17.1 Å². The van der Waals surface area contributed by atoms with E-state index in [1.807, 2.05) is 11.3 Å². The van der Waals surface area contributed by atoms with Crippen molar-refractivity contribution in [3.63, 3.8) is 0 Å². The fourth-order valence-electron chi connectivity index (χ4n) is 13.2. The zero-order chi connectivity index (χ0) is 49.9. The Labute approximate surface area is 445 Å². The van der Waals surface area contributed by atoms with E-state index in [1.165, 1.54) is 126 Å². The highest BCUT2D eigenvalue weighted by Crippen LogP contribution is 2.66. The molecule has 2 aliphatic carbocycles. The van der Waals surface area contributed by atoms with E-state index in [9.17, 15) is 0 Å². The van der Waals surface area contributed by atoms with E-state index in [0.29, 0.717) is 0 Å². The summed E-state index contributed by atoms with van der Waals surface area (Å²) in [6.07, 6.45) is 0. The van der Waals surface area contributed by atoms with Gasteiger partial charge in [-0.05, 0) is 151 Å². The summed E-state index contributed by atoms with van der Waals surface area (Å²) >= 11 is 1.87. The van der Waals surface area contributed by atoms with Crippen LogP contribution in [0.2, 0.25) is 0 Å². The summed E-state index contributed by atoms with van der Waals surface area (Å²) in [6, 6.07) is 104. The van der Waals surface area contributed by atoms with Crippen molar-refractivity contribution in [3.8, 4) is 61.3 Å². The average Bonchev–Trinajstić information content (AvgIpc) is 4.23. The lowest BCUT2D eigenvalue weighted by atomic mass is 9.70. The van der Waals surface area contributed by atoms with Crippen molar-refractivity contribution in [1.82, 2.24) is 4.57 Å². The van der Waals surface area contributed by atoms with Gasteiger partial charge < -0.3 is 9.47 Å². The standard InChI is InChI=1S/C73H46N2S/c1-4-18-47(19-5-1)48-34-38-53(39-35-48)74(68-33-17-31-65-72(68)58-26-11-14-29-63(58)73(65)62-28-13-10-25-57(62)71-55(27-16-30-64(71)73)49-20-6-2-7-21-49)54-40-43-70-61(46-54)60-45-51(37-42-69(60)76-70)50-36-41-67-59(44-50)56-24-12-15-32-66(56)75(67)52-22-8-3-9-23-52/h1-46H. The van der Waals surface area contributed by atoms with Crippen LogP contribution in [-0.4, -0.2) is 4.57 Å². The van der Waals surface area contributed by atoms with Crippen LogP contribution < -0.4 is 4.90 Å². The lowest BCUT2D eigenvalue weighted by molar-refractivity contribution is 0.794. The summed E-state index contributed by atoms with van der Waals surface area (Å²) in [5.74, 6) is 0. The minimum Gasteiger partial charge on any atom is -0.310 e. The summed E-state index contributed by atoms with van der Waals surface area (Å²) in [6.45, 7) is 0. The number of nitrogens with zero attached hydrogens (tertiary/aromatic N) is 2. The van der Waals surface area contributed by atoms with Gasteiger partial charge in [-0.2, -0.15) is 0 Å². The summed E-state index contributed by atoms with van der Waals surface area (Å²) in [7, 11) is 0. The molecular weight excluding hydrogens is 937 g/mol. The Morgan fingerprint density at radius 2 is 0.803 bits per heavy atom. The van der Waals surface area contributed by atoms with Crippen LogP contribution in [0.5, 0.6) is 0 Å². The molecule has 2 heterocycles. The van der Waals surface area contributed by atoms with Crippen molar-refractivity contribution in [2.75, 3.05) is 4.90 Å². The zero-order valence-electron chi connectivity index (χ0n) is 41.4. The minimum absolute atomic E-state index is 0.523. The van der Waals surface area contributed by atoms with Crippen molar-refractivity contribution in [2.45, 2.75) is 5.41 Å². The van der Waals surface area contributed by atoms with Crippen molar-refractivity contribution < 1.29 is 0 Å². The molecule has 1 spiro atoms. The largest absolute Gasteiger partial charge is 0.310 e. The first-order chi connectivity index (χ1) is 37.7. The van der Waals surface area contributed by atoms with Crippen LogP contribution in [0, 0.1) is 0 Å². The van der Waals surface area contributed by atoms with Crippen molar-refractivity contribution >= 4 is 70.4 Å². The number of hydrogen-bond acceptors (Lipinski definition) is 2. The summed E-state index contributed by atoms with van der Waals surface area (Å²) in [5, 5.41) is 5.03. The molecule has 2 aromatic heterocycles. The molecule has 0 N–H and O–H groups in total. The number of hydrogen-bond donors (Lipinski definition) is 0. The topological polar surface area (TPSA) is 8.17 Å². The second-order valence-corrected chi connectivity index (χ2v) is 21.4. The van der Waals surface area contributed by atoms with Gasteiger partial charge >= 0.3 is 0 Å². The van der Waals surface area contributed by atoms with Crippen LogP contribution in [0.3, 0.4) is 0 Å². The van der Waals surface area contributed by atoms with Crippen LogP contribution in [0.1, 0.15) is 22.3 Å². The quantitative estimate of drug-likeness (QED) is 0.154. The molecule has 0 saturated carbocycles. The van der Waals surface area contributed by atoms with E-state index >= 15 is 0 Å². The monoisotopic (exact) mass is 982 g/mol. The van der Waals surface area contributed by atoms with E-state index < -0.39 is 5.41 Å². The fourth-order valence-corrected chi connectivity index (χ4v) is 14.3. The second kappa shape index (κ2) is 16.7. The number of anilines is 3. The average molecular weight is 983 g/mol. The maximum Gasteiger partial charge on any atom is 0.0726 e. The number of para-hydroxylation sites is 2. The molecule has 0 radical (unpaired) electrons. The Bertz CT molecular complexity index is 4630. The highest BCUT2D eigenvalue weighted by atomic mass is 32.1. The number of aromatic nitrogens is 1. The molecule has 76 heavy (non-hydrogen) atoms. The molecule has 16 rings (SSSR count). The van der Waals surface area contributed by atoms with Gasteiger partial charge in [0.2, 0.25) is 0 Å². The molecule has 354 valence electrons. The number of thiophene rings is 1. The van der Waals surface area contributed by atoms with Gasteiger partial charge in [-0.3, -0.25) is 0 Å². The predicted octanol–water partition coefficient (Wildman–Crippen LogP) is 20.0. The summed E-state index contributed by atoms with van der Waals surface area (Å²) in [5.41, 5.74) is 24.2. The molecule has 0 aliphatic heterocycles.